The highest BCUT2D eigenvalue weighted by Crippen LogP contribution is 2.36. The third-order valence-electron chi connectivity index (χ3n) is 4.59. The van der Waals surface area contributed by atoms with Crippen LogP contribution in [0.3, 0.4) is 0 Å². The Kier molecular flexibility index (Phi) is 6.32. The van der Waals surface area contributed by atoms with Crippen molar-refractivity contribution in [2.24, 2.45) is 0 Å². The van der Waals surface area contributed by atoms with Crippen molar-refractivity contribution in [1.82, 2.24) is 19.9 Å². The number of methoxy groups -OCH3 is 2. The molecular weight excluding hydrogens is 417 g/mol. The molecule has 0 atom stereocenters. The number of hydrogen-bond acceptors (Lipinski definition) is 8. The zero-order chi connectivity index (χ0) is 21.6. The first-order valence-corrected chi connectivity index (χ1v) is 10.5. The van der Waals surface area contributed by atoms with Crippen LogP contribution < -0.4 is 14.8 Å². The van der Waals surface area contributed by atoms with Crippen molar-refractivity contribution < 1.29 is 13.9 Å². The molecule has 0 aliphatic carbocycles. The Balaban J connectivity index is 1.64. The monoisotopic (exact) mass is 437 g/mol. The molecule has 0 bridgehead atoms. The summed E-state index contributed by atoms with van der Waals surface area (Å²) in [5.41, 5.74) is 4.15. The molecule has 3 heterocycles. The van der Waals surface area contributed by atoms with Gasteiger partial charge in [0.2, 0.25) is 11.8 Å². The molecule has 0 aliphatic heterocycles. The first-order valence-electron chi connectivity index (χ1n) is 9.51. The van der Waals surface area contributed by atoms with E-state index >= 15 is 0 Å². The summed E-state index contributed by atoms with van der Waals surface area (Å²) in [6.07, 6.45) is 4.11. The fourth-order valence-corrected chi connectivity index (χ4v) is 3.69. The second kappa shape index (κ2) is 9.48. The Labute approximate surface area is 183 Å². The summed E-state index contributed by atoms with van der Waals surface area (Å²) in [6, 6.07) is 8.66. The maximum atomic E-state index is 13.1. The summed E-state index contributed by atoms with van der Waals surface area (Å²) in [6.45, 7) is 0.596. The van der Waals surface area contributed by atoms with Gasteiger partial charge in [0, 0.05) is 24.5 Å². The van der Waals surface area contributed by atoms with Crippen LogP contribution in [0.15, 0.2) is 53.5 Å². The number of nitrogens with zero attached hydrogens (tertiary/aromatic N) is 4. The second-order valence-corrected chi connectivity index (χ2v) is 7.33. The summed E-state index contributed by atoms with van der Waals surface area (Å²) in [5.74, 6) is 0.581. The normalized spacial score (nSPS) is 10.7. The van der Waals surface area contributed by atoms with Crippen LogP contribution in [0, 0.1) is 5.82 Å². The van der Waals surface area contributed by atoms with Crippen molar-refractivity contribution in [2.45, 2.75) is 6.42 Å². The minimum atomic E-state index is -0.246. The van der Waals surface area contributed by atoms with E-state index in [-0.39, 0.29) is 11.8 Å². The first kappa shape index (κ1) is 20.7. The lowest BCUT2D eigenvalue weighted by Crippen LogP contribution is -2.09. The molecule has 1 aromatic carbocycles. The van der Waals surface area contributed by atoms with E-state index < -0.39 is 0 Å². The van der Waals surface area contributed by atoms with Gasteiger partial charge in [-0.25, -0.2) is 19.3 Å². The summed E-state index contributed by atoms with van der Waals surface area (Å²) < 4.78 is 23.7. The highest BCUT2D eigenvalue weighted by Gasteiger charge is 2.18. The molecule has 158 valence electrons. The second-order valence-electron chi connectivity index (χ2n) is 6.55. The molecule has 4 aromatic rings. The average molecular weight is 438 g/mol. The van der Waals surface area contributed by atoms with E-state index in [0.717, 1.165) is 16.7 Å². The van der Waals surface area contributed by atoms with Gasteiger partial charge in [-0.1, -0.05) is 12.1 Å². The predicted molar refractivity (Wildman–Crippen MR) is 118 cm³/mol. The molecule has 0 unspecified atom stereocenters. The highest BCUT2D eigenvalue weighted by atomic mass is 32.1. The van der Waals surface area contributed by atoms with Crippen molar-refractivity contribution >= 4 is 17.3 Å². The van der Waals surface area contributed by atoms with E-state index in [9.17, 15) is 4.39 Å². The van der Waals surface area contributed by atoms with Gasteiger partial charge >= 0.3 is 6.01 Å². The average Bonchev–Trinajstić information content (AvgIpc) is 3.34. The van der Waals surface area contributed by atoms with Gasteiger partial charge in [-0.3, -0.25) is 0 Å². The van der Waals surface area contributed by atoms with Crippen LogP contribution in [0.2, 0.25) is 0 Å². The number of ether oxygens (including phenoxy) is 2. The van der Waals surface area contributed by atoms with Crippen molar-refractivity contribution in [3.05, 3.63) is 64.9 Å². The van der Waals surface area contributed by atoms with E-state index in [2.05, 4.69) is 20.3 Å². The minimum absolute atomic E-state index is 0.212. The van der Waals surface area contributed by atoms with Gasteiger partial charge in [-0.15, -0.1) is 0 Å². The molecule has 7 nitrogen and oxygen atoms in total. The van der Waals surface area contributed by atoms with Gasteiger partial charge in [0.1, 0.15) is 5.82 Å². The van der Waals surface area contributed by atoms with Crippen molar-refractivity contribution in [1.29, 1.82) is 0 Å². The van der Waals surface area contributed by atoms with E-state index in [1.54, 1.807) is 43.0 Å². The number of nitrogens with one attached hydrogen (secondary N) is 1. The molecule has 4 rings (SSSR count). The zero-order valence-corrected chi connectivity index (χ0v) is 17.8. The van der Waals surface area contributed by atoms with Crippen LogP contribution in [0.1, 0.15) is 5.56 Å². The lowest BCUT2D eigenvalue weighted by molar-refractivity contribution is 0.353. The summed E-state index contributed by atoms with van der Waals surface area (Å²) in [4.78, 5) is 17.7. The Morgan fingerprint density at radius 2 is 1.77 bits per heavy atom. The predicted octanol–water partition coefficient (Wildman–Crippen LogP) is 4.47. The lowest BCUT2D eigenvalue weighted by atomic mass is 10.1. The number of benzene rings is 1. The minimum Gasteiger partial charge on any atom is -0.480 e. The van der Waals surface area contributed by atoms with Crippen molar-refractivity contribution in [3.63, 3.8) is 0 Å². The lowest BCUT2D eigenvalue weighted by Gasteiger charge is -2.13. The summed E-state index contributed by atoms with van der Waals surface area (Å²) in [5, 5.41) is 7.25. The Morgan fingerprint density at radius 1 is 0.968 bits per heavy atom. The number of thiophene rings is 1. The number of hydrogen-bond donors (Lipinski definition) is 1. The smallest absolute Gasteiger partial charge is 0.319 e. The molecule has 0 amide bonds. The number of aromatic nitrogens is 4. The molecule has 31 heavy (non-hydrogen) atoms. The third-order valence-corrected chi connectivity index (χ3v) is 5.28. The quantitative estimate of drug-likeness (QED) is 0.435. The van der Waals surface area contributed by atoms with Crippen molar-refractivity contribution in [2.75, 3.05) is 26.1 Å². The molecule has 1 N–H and O–H groups in total. The number of anilines is 1. The molecule has 0 fully saturated rings. The molecule has 0 aliphatic rings. The van der Waals surface area contributed by atoms with Crippen molar-refractivity contribution in [3.8, 4) is 34.3 Å². The largest absolute Gasteiger partial charge is 0.480 e. The molecule has 3 aromatic heterocycles. The van der Waals surface area contributed by atoms with Crippen LogP contribution in [0.5, 0.6) is 11.9 Å². The van der Waals surface area contributed by atoms with E-state index in [1.165, 1.54) is 19.2 Å². The molecule has 9 heteroatoms. The SMILES string of the molecule is COc1ncc(-c2nc(NCCc3ccc(F)cc3)ncc2-c2ccsc2)c(OC)n1. The molecule has 0 saturated heterocycles. The Hall–Kier alpha value is -3.59. The Morgan fingerprint density at radius 3 is 2.48 bits per heavy atom. The first-order chi connectivity index (χ1) is 15.2. The van der Waals surface area contributed by atoms with Crippen LogP contribution in [-0.2, 0) is 6.42 Å². The van der Waals surface area contributed by atoms with Gasteiger partial charge in [0.05, 0.1) is 25.5 Å². The maximum Gasteiger partial charge on any atom is 0.319 e. The third kappa shape index (κ3) is 4.77. The van der Waals surface area contributed by atoms with Gasteiger partial charge in [0.25, 0.3) is 0 Å². The van der Waals surface area contributed by atoms with E-state index in [0.29, 0.717) is 36.1 Å². The summed E-state index contributed by atoms with van der Waals surface area (Å²) >= 11 is 1.59. The molecule has 0 saturated carbocycles. The number of rotatable bonds is 8. The van der Waals surface area contributed by atoms with Gasteiger partial charge in [0.15, 0.2) is 0 Å². The topological polar surface area (TPSA) is 82.1 Å². The standard InChI is InChI=1S/C22H20FN5O2S/c1-29-20-18(12-26-22(28-20)30-2)19-17(15-8-10-31-13-15)11-25-21(27-19)24-9-7-14-3-5-16(23)6-4-14/h3-6,8,10-13H,7,9H2,1-2H3,(H,24,25,27). The van der Waals surface area contributed by atoms with E-state index in [1.807, 2.05) is 16.8 Å². The fourth-order valence-electron chi connectivity index (χ4n) is 3.04. The van der Waals surface area contributed by atoms with Gasteiger partial charge < -0.3 is 14.8 Å². The molecule has 0 radical (unpaired) electrons. The van der Waals surface area contributed by atoms with Crippen LogP contribution in [0.25, 0.3) is 22.4 Å². The maximum absolute atomic E-state index is 13.1. The van der Waals surface area contributed by atoms with Crippen LogP contribution in [-0.4, -0.2) is 40.7 Å². The zero-order valence-electron chi connectivity index (χ0n) is 17.0. The van der Waals surface area contributed by atoms with E-state index in [4.69, 9.17) is 14.5 Å². The highest BCUT2D eigenvalue weighted by molar-refractivity contribution is 7.08. The van der Waals surface area contributed by atoms with Crippen LogP contribution in [0.4, 0.5) is 10.3 Å². The van der Waals surface area contributed by atoms with Gasteiger partial charge in [-0.05, 0) is 46.5 Å². The number of halogens is 1. The fraction of sp³-hybridized carbons (Fsp3) is 0.182. The molecule has 0 spiro atoms. The Bertz CT molecular complexity index is 1150. The molecular formula is C22H20FN5O2S. The van der Waals surface area contributed by atoms with Gasteiger partial charge in [-0.2, -0.15) is 16.3 Å². The summed E-state index contributed by atoms with van der Waals surface area (Å²) in [7, 11) is 3.04. The van der Waals surface area contributed by atoms with Crippen LogP contribution >= 0.6 is 11.3 Å².